The fraction of sp³-hybridized carbons (Fsp3) is 0.188. The maximum absolute atomic E-state index is 11.8. The summed E-state index contributed by atoms with van der Waals surface area (Å²) in [6.45, 7) is 1.93. The van der Waals surface area contributed by atoms with Crippen molar-refractivity contribution in [2.24, 2.45) is 0 Å². The van der Waals surface area contributed by atoms with Gasteiger partial charge in [0.25, 0.3) is 11.8 Å². The van der Waals surface area contributed by atoms with Crippen molar-refractivity contribution in [1.29, 1.82) is 0 Å². The van der Waals surface area contributed by atoms with Gasteiger partial charge in [0.1, 0.15) is 0 Å². The van der Waals surface area contributed by atoms with Crippen molar-refractivity contribution in [2.75, 3.05) is 5.75 Å². The fourth-order valence-corrected chi connectivity index (χ4v) is 3.19. The van der Waals surface area contributed by atoms with Gasteiger partial charge in [-0.15, -0.1) is 22.0 Å². The van der Waals surface area contributed by atoms with E-state index in [0.29, 0.717) is 5.76 Å². The predicted octanol–water partition coefficient (Wildman–Crippen LogP) is 4.24. The summed E-state index contributed by atoms with van der Waals surface area (Å²) in [6, 6.07) is 9.34. The second-order valence-electron chi connectivity index (χ2n) is 4.84. The molecule has 2 aromatic heterocycles. The van der Waals surface area contributed by atoms with E-state index in [2.05, 4.69) is 26.1 Å². The number of nitrogens with zero attached hydrogens (tertiary/aromatic N) is 2. The van der Waals surface area contributed by atoms with E-state index in [1.807, 2.05) is 25.1 Å². The number of halogens is 1. The van der Waals surface area contributed by atoms with Crippen LogP contribution in [0, 0.1) is 6.92 Å². The van der Waals surface area contributed by atoms with Gasteiger partial charge >= 0.3 is 5.97 Å². The van der Waals surface area contributed by atoms with E-state index < -0.39 is 0 Å². The van der Waals surface area contributed by atoms with Crippen LogP contribution in [0.25, 0.3) is 11.7 Å². The van der Waals surface area contributed by atoms with Crippen molar-refractivity contribution >= 4 is 33.7 Å². The quantitative estimate of drug-likeness (QED) is 0.445. The van der Waals surface area contributed by atoms with Crippen LogP contribution >= 0.6 is 27.7 Å². The van der Waals surface area contributed by atoms with Gasteiger partial charge in [0, 0.05) is 9.37 Å². The monoisotopic (exact) mass is 408 g/mol. The topological polar surface area (TPSA) is 78.4 Å². The standard InChI is InChI=1S/C16H13BrN2O4S/c1-10-7-11(17)4-5-13(10)24-9-15(20)22-8-14-18-19-16(23-14)12-3-2-6-21-12/h2-7H,8-9H2,1H3. The molecule has 8 heteroatoms. The molecule has 124 valence electrons. The molecule has 0 amide bonds. The summed E-state index contributed by atoms with van der Waals surface area (Å²) in [5.41, 5.74) is 1.10. The summed E-state index contributed by atoms with van der Waals surface area (Å²) >= 11 is 4.84. The van der Waals surface area contributed by atoms with Crippen molar-refractivity contribution in [3.05, 3.63) is 52.5 Å². The van der Waals surface area contributed by atoms with E-state index in [4.69, 9.17) is 13.6 Å². The SMILES string of the molecule is Cc1cc(Br)ccc1SCC(=O)OCc1nnc(-c2ccco2)o1. The number of aromatic nitrogens is 2. The lowest BCUT2D eigenvalue weighted by Crippen LogP contribution is -2.07. The average Bonchev–Trinajstić information content (AvgIpc) is 3.23. The summed E-state index contributed by atoms with van der Waals surface area (Å²) in [5.74, 6) is 0.814. The van der Waals surface area contributed by atoms with E-state index in [-0.39, 0.29) is 30.1 Å². The molecule has 2 heterocycles. The Kier molecular flexibility index (Phi) is 5.37. The molecule has 0 radical (unpaired) electrons. The number of benzene rings is 1. The Labute approximate surface area is 150 Å². The Morgan fingerprint density at radius 1 is 1.33 bits per heavy atom. The maximum Gasteiger partial charge on any atom is 0.316 e. The lowest BCUT2D eigenvalue weighted by atomic mass is 10.2. The van der Waals surface area contributed by atoms with Crippen molar-refractivity contribution in [1.82, 2.24) is 10.2 Å². The Hall–Kier alpha value is -2.06. The highest BCUT2D eigenvalue weighted by Gasteiger charge is 2.13. The first-order valence-electron chi connectivity index (χ1n) is 7.02. The summed E-state index contributed by atoms with van der Waals surface area (Å²) in [4.78, 5) is 12.9. The normalized spacial score (nSPS) is 10.8. The first-order chi connectivity index (χ1) is 11.6. The summed E-state index contributed by atoms with van der Waals surface area (Å²) in [6.07, 6.45) is 1.51. The summed E-state index contributed by atoms with van der Waals surface area (Å²) in [5, 5.41) is 7.66. The third kappa shape index (κ3) is 4.27. The number of aryl methyl sites for hydroxylation is 1. The minimum atomic E-state index is -0.347. The molecule has 0 N–H and O–H groups in total. The highest BCUT2D eigenvalue weighted by Crippen LogP contribution is 2.25. The molecule has 6 nitrogen and oxygen atoms in total. The molecule has 0 atom stereocenters. The van der Waals surface area contributed by atoms with Gasteiger partial charge in [-0.05, 0) is 42.8 Å². The molecule has 24 heavy (non-hydrogen) atoms. The Bertz CT molecular complexity index is 832. The molecule has 0 bridgehead atoms. The average molecular weight is 409 g/mol. The van der Waals surface area contributed by atoms with Gasteiger partial charge in [-0.3, -0.25) is 4.79 Å². The maximum atomic E-state index is 11.8. The Balaban J connectivity index is 1.49. The minimum Gasteiger partial charge on any atom is -0.459 e. The number of ether oxygens (including phenoxy) is 1. The van der Waals surface area contributed by atoms with Gasteiger partial charge in [-0.2, -0.15) is 0 Å². The van der Waals surface area contributed by atoms with Crippen LogP contribution in [0.1, 0.15) is 11.5 Å². The molecule has 0 spiro atoms. The molecule has 0 saturated heterocycles. The number of rotatable bonds is 6. The highest BCUT2D eigenvalue weighted by atomic mass is 79.9. The summed E-state index contributed by atoms with van der Waals surface area (Å²) < 4.78 is 16.7. The van der Waals surface area contributed by atoms with Crippen LogP contribution in [-0.4, -0.2) is 21.9 Å². The molecule has 0 aliphatic heterocycles. The van der Waals surface area contributed by atoms with Gasteiger partial charge in [0.2, 0.25) is 0 Å². The lowest BCUT2D eigenvalue weighted by Gasteiger charge is -2.05. The smallest absolute Gasteiger partial charge is 0.316 e. The van der Waals surface area contributed by atoms with Crippen molar-refractivity contribution in [3.63, 3.8) is 0 Å². The third-order valence-electron chi connectivity index (χ3n) is 3.04. The molecule has 0 fully saturated rings. The molecule has 3 aromatic rings. The van der Waals surface area contributed by atoms with Crippen LogP contribution in [-0.2, 0) is 16.1 Å². The van der Waals surface area contributed by atoms with E-state index in [1.165, 1.54) is 18.0 Å². The number of carbonyl (C=O) groups is 1. The molecule has 0 unspecified atom stereocenters. The van der Waals surface area contributed by atoms with E-state index in [9.17, 15) is 4.79 Å². The molecule has 0 saturated carbocycles. The Morgan fingerprint density at radius 2 is 2.21 bits per heavy atom. The van der Waals surface area contributed by atoms with Gasteiger partial charge in [-0.25, -0.2) is 0 Å². The van der Waals surface area contributed by atoms with Crippen LogP contribution in [0.4, 0.5) is 0 Å². The van der Waals surface area contributed by atoms with Gasteiger partial charge in [-0.1, -0.05) is 15.9 Å². The first kappa shape index (κ1) is 16.8. The van der Waals surface area contributed by atoms with E-state index >= 15 is 0 Å². The number of furan rings is 1. The van der Waals surface area contributed by atoms with Crippen molar-refractivity contribution in [3.8, 4) is 11.7 Å². The first-order valence-corrected chi connectivity index (χ1v) is 8.80. The van der Waals surface area contributed by atoms with Gasteiger partial charge < -0.3 is 13.6 Å². The predicted molar refractivity (Wildman–Crippen MR) is 91.4 cm³/mol. The molecular weight excluding hydrogens is 396 g/mol. The van der Waals surface area contributed by atoms with Crippen LogP contribution < -0.4 is 0 Å². The van der Waals surface area contributed by atoms with Crippen LogP contribution in [0.5, 0.6) is 0 Å². The zero-order chi connectivity index (χ0) is 16.9. The zero-order valence-corrected chi connectivity index (χ0v) is 15.1. The van der Waals surface area contributed by atoms with Crippen LogP contribution in [0.2, 0.25) is 0 Å². The van der Waals surface area contributed by atoms with Crippen LogP contribution in [0.3, 0.4) is 0 Å². The highest BCUT2D eigenvalue weighted by molar-refractivity contribution is 9.10. The lowest BCUT2D eigenvalue weighted by molar-refractivity contribution is -0.142. The Morgan fingerprint density at radius 3 is 2.96 bits per heavy atom. The number of thioether (sulfide) groups is 1. The number of hydrogen-bond donors (Lipinski definition) is 0. The van der Waals surface area contributed by atoms with Gasteiger partial charge in [0.15, 0.2) is 12.4 Å². The van der Waals surface area contributed by atoms with E-state index in [1.54, 1.807) is 12.1 Å². The third-order valence-corrected chi connectivity index (χ3v) is 4.68. The minimum absolute atomic E-state index is 0.0631. The number of carbonyl (C=O) groups excluding carboxylic acids is 1. The summed E-state index contributed by atoms with van der Waals surface area (Å²) in [7, 11) is 0. The molecule has 1 aromatic carbocycles. The van der Waals surface area contributed by atoms with Crippen molar-refractivity contribution in [2.45, 2.75) is 18.4 Å². The largest absolute Gasteiger partial charge is 0.459 e. The van der Waals surface area contributed by atoms with E-state index in [0.717, 1.165) is 14.9 Å². The number of esters is 1. The second-order valence-corrected chi connectivity index (χ2v) is 6.77. The number of hydrogen-bond acceptors (Lipinski definition) is 7. The zero-order valence-electron chi connectivity index (χ0n) is 12.7. The molecule has 3 rings (SSSR count). The molecular formula is C16H13BrN2O4S. The molecule has 0 aliphatic rings. The van der Waals surface area contributed by atoms with Crippen LogP contribution in [0.15, 0.2) is 54.8 Å². The second kappa shape index (κ2) is 7.67. The van der Waals surface area contributed by atoms with Gasteiger partial charge in [0.05, 0.1) is 12.0 Å². The molecule has 0 aliphatic carbocycles. The fourth-order valence-electron chi connectivity index (χ4n) is 1.91. The van der Waals surface area contributed by atoms with Crippen molar-refractivity contribution < 1.29 is 18.4 Å².